The van der Waals surface area contributed by atoms with Gasteiger partial charge in [0.25, 0.3) is 5.91 Å². The second-order valence-corrected chi connectivity index (χ2v) is 5.90. The number of halogens is 1. The van der Waals surface area contributed by atoms with Crippen LogP contribution in [-0.2, 0) is 0 Å². The van der Waals surface area contributed by atoms with Gasteiger partial charge in [0.1, 0.15) is 0 Å². The number of carbonyl (C=O) groups excluding carboxylic acids is 1. The maximum atomic E-state index is 12.5. The van der Waals surface area contributed by atoms with Gasteiger partial charge in [0, 0.05) is 35.8 Å². The first-order valence-electron chi connectivity index (χ1n) is 7.36. The molecule has 116 valence electrons. The van der Waals surface area contributed by atoms with E-state index in [1.807, 2.05) is 24.1 Å². The molecule has 0 radical (unpaired) electrons. The average Bonchev–Trinajstić information content (AvgIpc) is 3.05. The summed E-state index contributed by atoms with van der Waals surface area (Å²) in [4.78, 5) is 14.3. The van der Waals surface area contributed by atoms with Crippen molar-refractivity contribution in [3.05, 3.63) is 41.0 Å². The minimum Gasteiger partial charge on any atom is -0.355 e. The third-order valence-electron chi connectivity index (χ3n) is 3.97. The summed E-state index contributed by atoms with van der Waals surface area (Å²) in [6, 6.07) is 9.28. The fourth-order valence-corrected chi connectivity index (χ4v) is 2.81. The lowest BCUT2D eigenvalue weighted by molar-refractivity contribution is 0.0688. The molecule has 1 aromatic carbocycles. The van der Waals surface area contributed by atoms with Crippen LogP contribution in [0, 0.1) is 0 Å². The maximum Gasteiger partial charge on any atom is 0.276 e. The molecule has 1 aliphatic heterocycles. The van der Waals surface area contributed by atoms with Crippen molar-refractivity contribution in [2.45, 2.75) is 18.9 Å². The summed E-state index contributed by atoms with van der Waals surface area (Å²) in [6.45, 7) is 1.47. The van der Waals surface area contributed by atoms with Crippen LogP contribution < -0.4 is 5.32 Å². The van der Waals surface area contributed by atoms with Crippen molar-refractivity contribution in [2.24, 2.45) is 0 Å². The van der Waals surface area contributed by atoms with Crippen molar-refractivity contribution in [1.29, 1.82) is 0 Å². The monoisotopic (exact) mass is 319 g/mol. The molecule has 1 N–H and O–H groups in total. The second kappa shape index (κ2) is 6.50. The van der Waals surface area contributed by atoms with Crippen LogP contribution in [-0.4, -0.2) is 42.1 Å². The summed E-state index contributed by atoms with van der Waals surface area (Å²) in [5.74, 6) is 0.492. The second-order valence-electron chi connectivity index (χ2n) is 5.46. The van der Waals surface area contributed by atoms with Gasteiger partial charge in [-0.3, -0.25) is 4.79 Å². The average molecular weight is 320 g/mol. The zero-order chi connectivity index (χ0) is 15.5. The molecule has 1 unspecified atom stereocenters. The van der Waals surface area contributed by atoms with E-state index in [2.05, 4.69) is 10.5 Å². The van der Waals surface area contributed by atoms with E-state index in [0.717, 1.165) is 24.9 Å². The van der Waals surface area contributed by atoms with Crippen molar-refractivity contribution < 1.29 is 9.32 Å². The molecule has 1 fully saturated rings. The number of likely N-dealkylation sites (tertiary alicyclic amines) is 1. The van der Waals surface area contributed by atoms with E-state index in [1.165, 1.54) is 0 Å². The summed E-state index contributed by atoms with van der Waals surface area (Å²) in [5.41, 5.74) is 1.20. The Morgan fingerprint density at radius 1 is 1.41 bits per heavy atom. The Kier molecular flexibility index (Phi) is 4.45. The van der Waals surface area contributed by atoms with Gasteiger partial charge < -0.3 is 14.7 Å². The van der Waals surface area contributed by atoms with Gasteiger partial charge in [-0.2, -0.15) is 0 Å². The van der Waals surface area contributed by atoms with E-state index in [0.29, 0.717) is 29.1 Å². The number of nitrogens with one attached hydrogen (secondary N) is 1. The highest BCUT2D eigenvalue weighted by Gasteiger charge is 2.25. The highest BCUT2D eigenvalue weighted by Crippen LogP contribution is 2.23. The van der Waals surface area contributed by atoms with Gasteiger partial charge in [0.05, 0.1) is 0 Å². The maximum absolute atomic E-state index is 12.5. The minimum absolute atomic E-state index is 0.0797. The largest absolute Gasteiger partial charge is 0.355 e. The molecule has 0 spiro atoms. The van der Waals surface area contributed by atoms with E-state index in [-0.39, 0.29) is 5.91 Å². The molecular weight excluding hydrogens is 302 g/mol. The van der Waals surface area contributed by atoms with Gasteiger partial charge in [0.2, 0.25) is 0 Å². The summed E-state index contributed by atoms with van der Waals surface area (Å²) in [5, 5.41) is 7.81. The number of carbonyl (C=O) groups is 1. The summed E-state index contributed by atoms with van der Waals surface area (Å²) < 4.78 is 5.30. The summed E-state index contributed by atoms with van der Waals surface area (Å²) >= 11 is 5.87. The van der Waals surface area contributed by atoms with Crippen molar-refractivity contribution in [3.8, 4) is 11.3 Å². The van der Waals surface area contributed by atoms with Crippen molar-refractivity contribution in [2.75, 3.05) is 20.1 Å². The van der Waals surface area contributed by atoms with Crippen LogP contribution in [0.4, 0.5) is 0 Å². The molecule has 22 heavy (non-hydrogen) atoms. The number of rotatable bonds is 3. The zero-order valence-corrected chi connectivity index (χ0v) is 13.1. The number of nitrogens with zero attached hydrogens (tertiary/aromatic N) is 2. The highest BCUT2D eigenvalue weighted by molar-refractivity contribution is 6.30. The van der Waals surface area contributed by atoms with Crippen LogP contribution in [0.1, 0.15) is 23.3 Å². The standard InChI is InChI=1S/C16H18ClN3O2/c1-18-13-3-2-8-20(10-13)16(21)14-9-15(22-19-14)11-4-6-12(17)7-5-11/h4-7,9,13,18H,2-3,8,10H2,1H3. The normalized spacial score (nSPS) is 18.5. The Hall–Kier alpha value is -1.85. The quantitative estimate of drug-likeness (QED) is 0.945. The minimum atomic E-state index is -0.0797. The number of benzene rings is 1. The molecule has 2 heterocycles. The lowest BCUT2D eigenvalue weighted by Crippen LogP contribution is -2.47. The Balaban J connectivity index is 1.75. The summed E-state index contributed by atoms with van der Waals surface area (Å²) in [6.07, 6.45) is 2.09. The smallest absolute Gasteiger partial charge is 0.276 e. The van der Waals surface area contributed by atoms with Crippen LogP contribution in [0.3, 0.4) is 0 Å². The number of hydrogen-bond donors (Lipinski definition) is 1. The van der Waals surface area contributed by atoms with E-state index < -0.39 is 0 Å². The molecule has 5 nitrogen and oxygen atoms in total. The summed E-state index contributed by atoms with van der Waals surface area (Å²) in [7, 11) is 1.92. The van der Waals surface area contributed by atoms with E-state index in [9.17, 15) is 4.79 Å². The lowest BCUT2D eigenvalue weighted by atomic mass is 10.1. The first-order chi connectivity index (χ1) is 10.7. The topological polar surface area (TPSA) is 58.4 Å². The van der Waals surface area contributed by atoms with Gasteiger partial charge in [0.15, 0.2) is 11.5 Å². The Labute approximate surface area is 134 Å². The molecule has 0 bridgehead atoms. The number of likely N-dealkylation sites (N-methyl/N-ethyl adjacent to an activating group) is 1. The fourth-order valence-electron chi connectivity index (χ4n) is 2.69. The molecule has 1 aliphatic rings. The van der Waals surface area contributed by atoms with E-state index >= 15 is 0 Å². The molecule has 0 saturated carbocycles. The molecule has 1 amide bonds. The zero-order valence-electron chi connectivity index (χ0n) is 12.4. The number of hydrogen-bond acceptors (Lipinski definition) is 4. The number of aromatic nitrogens is 1. The van der Waals surface area contributed by atoms with E-state index in [4.69, 9.17) is 16.1 Å². The van der Waals surface area contributed by atoms with Crippen molar-refractivity contribution >= 4 is 17.5 Å². The first-order valence-corrected chi connectivity index (χ1v) is 7.74. The predicted molar refractivity (Wildman–Crippen MR) is 84.9 cm³/mol. The van der Waals surface area contributed by atoms with Crippen LogP contribution in [0.15, 0.2) is 34.9 Å². The van der Waals surface area contributed by atoms with Crippen LogP contribution in [0.2, 0.25) is 5.02 Å². The molecule has 1 atom stereocenters. The molecule has 1 saturated heterocycles. The molecule has 0 aliphatic carbocycles. The van der Waals surface area contributed by atoms with Crippen LogP contribution in [0.5, 0.6) is 0 Å². The van der Waals surface area contributed by atoms with Gasteiger partial charge in [-0.05, 0) is 44.2 Å². The lowest BCUT2D eigenvalue weighted by Gasteiger charge is -2.31. The number of piperidine rings is 1. The Bertz CT molecular complexity index is 654. The van der Waals surface area contributed by atoms with Gasteiger partial charge >= 0.3 is 0 Å². The van der Waals surface area contributed by atoms with Gasteiger partial charge in [-0.15, -0.1) is 0 Å². The molecular formula is C16H18ClN3O2. The molecule has 1 aromatic heterocycles. The van der Waals surface area contributed by atoms with Crippen LogP contribution in [0.25, 0.3) is 11.3 Å². The van der Waals surface area contributed by atoms with Gasteiger partial charge in [-0.1, -0.05) is 16.8 Å². The number of amides is 1. The third-order valence-corrected chi connectivity index (χ3v) is 4.23. The SMILES string of the molecule is CNC1CCCN(C(=O)c2cc(-c3ccc(Cl)cc3)on2)C1. The van der Waals surface area contributed by atoms with Crippen molar-refractivity contribution in [3.63, 3.8) is 0 Å². The van der Waals surface area contributed by atoms with Crippen molar-refractivity contribution in [1.82, 2.24) is 15.4 Å². The predicted octanol–water partition coefficient (Wildman–Crippen LogP) is 2.82. The Morgan fingerprint density at radius 3 is 2.91 bits per heavy atom. The fraction of sp³-hybridized carbons (Fsp3) is 0.375. The molecule has 3 rings (SSSR count). The van der Waals surface area contributed by atoms with E-state index in [1.54, 1.807) is 18.2 Å². The van der Waals surface area contributed by atoms with Crippen LogP contribution >= 0.6 is 11.6 Å². The highest BCUT2D eigenvalue weighted by atomic mass is 35.5. The Morgan fingerprint density at radius 2 is 2.18 bits per heavy atom. The molecule has 2 aromatic rings. The third kappa shape index (κ3) is 3.15. The first kappa shape index (κ1) is 15.1. The molecule has 6 heteroatoms. The van der Waals surface area contributed by atoms with Gasteiger partial charge in [-0.25, -0.2) is 0 Å².